The Bertz CT molecular complexity index is 3050. The molecule has 8 nitrogen and oxygen atoms in total. The molecule has 11 rings (SSSR count). The van der Waals surface area contributed by atoms with Gasteiger partial charge in [-0.1, -0.05) is 155 Å². The molecule has 0 aliphatic heterocycles. The van der Waals surface area contributed by atoms with Gasteiger partial charge in [-0.25, -0.2) is 0 Å². The Hall–Kier alpha value is -7.84. The Balaban J connectivity index is 1.03. The van der Waals surface area contributed by atoms with Crippen LogP contribution in [-0.4, -0.2) is 40.9 Å². The minimum Gasteiger partial charge on any atom is -0.508 e. The fourth-order valence-electron chi connectivity index (χ4n) is 13.7. The van der Waals surface area contributed by atoms with E-state index < -0.39 is 17.3 Å². The van der Waals surface area contributed by atoms with E-state index >= 15 is 0 Å². The molecule has 0 unspecified atom stereocenters. The molecular formula is C70H72O8. The van der Waals surface area contributed by atoms with Crippen molar-refractivity contribution in [2.75, 3.05) is 0 Å². The molecule has 3 aliphatic rings. The molecule has 0 bridgehead atoms. The summed E-state index contributed by atoms with van der Waals surface area (Å²) >= 11 is 0. The number of phenols is 8. The van der Waals surface area contributed by atoms with Crippen molar-refractivity contribution in [3.8, 4) is 46.0 Å². The standard InChI is InChI=1S/C70H72O8/c71-56-24-16-48(17-25-56)66(49-18-26-57(72)27-19-49)62-38-44(14-32-64(62)75)36-52-40-54(42-60(68(52)77)46-10-4-1-5-11-46)70(34-8-3-9-35-70)55-41-53(69(78)61(43-55)47-12-6-2-7-13-47)37-45-15-33-65(76)63(39-45)67(50-20-28-58(73)29-21-50)51-22-30-59(74)31-23-51/h14-33,38-43,46-47,66-67,71-78H,1-13,34-37H2. The van der Waals surface area contributed by atoms with Crippen LogP contribution in [0.25, 0.3) is 0 Å². The maximum absolute atomic E-state index is 12.7. The minimum absolute atomic E-state index is 0.127. The van der Waals surface area contributed by atoms with E-state index in [1.54, 1.807) is 60.7 Å². The van der Waals surface area contributed by atoms with Crippen LogP contribution in [0.5, 0.6) is 46.0 Å². The van der Waals surface area contributed by atoms with Crippen molar-refractivity contribution in [3.63, 3.8) is 0 Å². The average molecular weight is 1040 g/mol. The van der Waals surface area contributed by atoms with Gasteiger partial charge in [-0.3, -0.25) is 0 Å². The SMILES string of the molecule is Oc1ccc(C(c2ccc(O)cc2)c2cc(Cc3cc(C4(c5cc(Cc6ccc(O)c(C(c7ccc(O)cc7)c7ccc(O)cc7)c6)c(O)c(C6CCCCC6)c5)CCCCC4)cc(C4CCCCC4)c3O)ccc2O)cc1. The Morgan fingerprint density at radius 3 is 1.00 bits per heavy atom. The average Bonchev–Trinajstić information content (AvgIpc) is 3.53. The van der Waals surface area contributed by atoms with Crippen LogP contribution in [0.15, 0.2) is 158 Å². The molecule has 3 fully saturated rings. The highest BCUT2D eigenvalue weighted by Crippen LogP contribution is 2.52. The maximum Gasteiger partial charge on any atom is 0.122 e. The highest BCUT2D eigenvalue weighted by Gasteiger charge is 2.39. The lowest BCUT2D eigenvalue weighted by molar-refractivity contribution is 0.341. The van der Waals surface area contributed by atoms with Gasteiger partial charge in [-0.2, -0.15) is 0 Å². The smallest absolute Gasteiger partial charge is 0.122 e. The van der Waals surface area contributed by atoms with E-state index in [1.807, 2.05) is 72.8 Å². The molecule has 8 aromatic rings. The molecule has 0 spiro atoms. The Morgan fingerprint density at radius 1 is 0.346 bits per heavy atom. The van der Waals surface area contributed by atoms with Gasteiger partial charge >= 0.3 is 0 Å². The van der Waals surface area contributed by atoms with E-state index in [0.717, 1.165) is 139 Å². The summed E-state index contributed by atoms with van der Waals surface area (Å²) < 4.78 is 0. The van der Waals surface area contributed by atoms with Crippen LogP contribution >= 0.6 is 0 Å². The van der Waals surface area contributed by atoms with Crippen LogP contribution in [-0.2, 0) is 18.3 Å². The number of phenolic OH excluding ortho intramolecular Hbond substituents is 8. The molecular weight excluding hydrogens is 969 g/mol. The second-order valence-corrected chi connectivity index (χ2v) is 22.8. The van der Waals surface area contributed by atoms with Gasteiger partial charge in [0, 0.05) is 41.2 Å². The number of aromatic hydroxyl groups is 8. The first-order valence-corrected chi connectivity index (χ1v) is 28.4. The van der Waals surface area contributed by atoms with Crippen LogP contribution in [0.2, 0.25) is 0 Å². The molecule has 3 aliphatic carbocycles. The van der Waals surface area contributed by atoms with E-state index in [4.69, 9.17) is 0 Å². The molecule has 0 amide bonds. The van der Waals surface area contributed by atoms with Crippen molar-refractivity contribution >= 4 is 0 Å². The number of hydrogen-bond acceptors (Lipinski definition) is 8. The monoisotopic (exact) mass is 1040 g/mol. The van der Waals surface area contributed by atoms with Crippen LogP contribution in [0, 0.1) is 0 Å². The Morgan fingerprint density at radius 2 is 0.667 bits per heavy atom. The van der Waals surface area contributed by atoms with Crippen molar-refractivity contribution in [2.45, 2.75) is 138 Å². The lowest BCUT2D eigenvalue weighted by atomic mass is 9.63. The van der Waals surface area contributed by atoms with E-state index in [9.17, 15) is 40.9 Å². The van der Waals surface area contributed by atoms with Gasteiger partial charge in [0.2, 0.25) is 0 Å². The summed E-state index contributed by atoms with van der Waals surface area (Å²) in [5.41, 5.74) is 12.4. The minimum atomic E-state index is -0.415. The first kappa shape index (κ1) is 52.2. The largest absolute Gasteiger partial charge is 0.508 e. The normalized spacial score (nSPS) is 16.2. The first-order valence-electron chi connectivity index (χ1n) is 28.4. The van der Waals surface area contributed by atoms with Crippen LogP contribution < -0.4 is 0 Å². The fraction of sp³-hybridized carbons (Fsp3) is 0.314. The summed E-state index contributed by atoms with van der Waals surface area (Å²) in [5, 5.41) is 89.7. The van der Waals surface area contributed by atoms with Crippen LogP contribution in [0.4, 0.5) is 0 Å². The molecule has 0 heterocycles. The predicted molar refractivity (Wildman–Crippen MR) is 308 cm³/mol. The van der Waals surface area contributed by atoms with Crippen molar-refractivity contribution in [1.29, 1.82) is 0 Å². The van der Waals surface area contributed by atoms with Gasteiger partial charge in [0.25, 0.3) is 0 Å². The van der Waals surface area contributed by atoms with Crippen molar-refractivity contribution < 1.29 is 40.9 Å². The Labute approximate surface area is 458 Å². The number of rotatable bonds is 14. The van der Waals surface area contributed by atoms with E-state index in [2.05, 4.69) is 24.3 Å². The zero-order valence-corrected chi connectivity index (χ0v) is 44.4. The molecule has 8 aromatic carbocycles. The van der Waals surface area contributed by atoms with Crippen molar-refractivity contribution in [3.05, 3.63) is 236 Å². The molecule has 0 aromatic heterocycles. The molecule has 0 saturated heterocycles. The third-order valence-electron chi connectivity index (χ3n) is 17.8. The summed E-state index contributed by atoms with van der Waals surface area (Å²) in [4.78, 5) is 0. The van der Waals surface area contributed by atoms with Crippen LogP contribution in [0.1, 0.15) is 198 Å². The van der Waals surface area contributed by atoms with Gasteiger partial charge in [-0.05, 0) is 178 Å². The molecule has 3 saturated carbocycles. The van der Waals surface area contributed by atoms with Crippen molar-refractivity contribution in [1.82, 2.24) is 0 Å². The molecule has 0 atom stereocenters. The summed E-state index contributed by atoms with van der Waals surface area (Å²) in [6.07, 6.45) is 16.8. The summed E-state index contributed by atoms with van der Waals surface area (Å²) in [6.45, 7) is 0. The second-order valence-electron chi connectivity index (χ2n) is 22.8. The number of benzene rings is 8. The van der Waals surface area contributed by atoms with Gasteiger partial charge in [0.05, 0.1) is 0 Å². The molecule has 400 valence electrons. The highest BCUT2D eigenvalue weighted by molar-refractivity contribution is 5.59. The molecule has 8 N–H and O–H groups in total. The third-order valence-corrected chi connectivity index (χ3v) is 17.8. The second kappa shape index (κ2) is 22.6. The molecule has 78 heavy (non-hydrogen) atoms. The van der Waals surface area contributed by atoms with Gasteiger partial charge in [0.1, 0.15) is 46.0 Å². The zero-order valence-electron chi connectivity index (χ0n) is 44.4. The topological polar surface area (TPSA) is 162 Å². The number of hydrogen-bond donors (Lipinski definition) is 8. The van der Waals surface area contributed by atoms with Gasteiger partial charge in [0.15, 0.2) is 0 Å². The van der Waals surface area contributed by atoms with Gasteiger partial charge < -0.3 is 40.9 Å². The molecule has 0 radical (unpaired) electrons. The summed E-state index contributed by atoms with van der Waals surface area (Å²) in [5.74, 6) is 1.11. The lowest BCUT2D eigenvalue weighted by Gasteiger charge is -2.41. The van der Waals surface area contributed by atoms with E-state index in [1.165, 1.54) is 24.0 Å². The Kier molecular flexibility index (Phi) is 15.2. The third kappa shape index (κ3) is 10.9. The maximum atomic E-state index is 12.7. The zero-order chi connectivity index (χ0) is 53.9. The quantitative estimate of drug-likeness (QED) is 0.0499. The summed E-state index contributed by atoms with van der Waals surface area (Å²) in [7, 11) is 0. The lowest BCUT2D eigenvalue weighted by Crippen LogP contribution is -2.31. The fourth-order valence-corrected chi connectivity index (χ4v) is 13.7. The molecule has 8 heteroatoms. The summed E-state index contributed by atoms with van der Waals surface area (Å²) in [6, 6.07) is 48.8. The predicted octanol–water partition coefficient (Wildman–Crippen LogP) is 16.2. The first-order chi connectivity index (χ1) is 37.9. The van der Waals surface area contributed by atoms with Crippen molar-refractivity contribution in [2.24, 2.45) is 0 Å². The van der Waals surface area contributed by atoms with E-state index in [0.29, 0.717) is 35.5 Å². The highest BCUT2D eigenvalue weighted by atomic mass is 16.3. The van der Waals surface area contributed by atoms with Crippen LogP contribution in [0.3, 0.4) is 0 Å². The van der Waals surface area contributed by atoms with E-state index in [-0.39, 0.29) is 46.3 Å². The van der Waals surface area contributed by atoms with Gasteiger partial charge in [-0.15, -0.1) is 0 Å².